The Morgan fingerprint density at radius 3 is 2.09 bits per heavy atom. The zero-order valence-electron chi connectivity index (χ0n) is 18.8. The van der Waals surface area contributed by atoms with Gasteiger partial charge in [-0.05, 0) is 51.5 Å². The van der Waals surface area contributed by atoms with Gasteiger partial charge < -0.3 is 14.6 Å². The summed E-state index contributed by atoms with van der Waals surface area (Å²) in [5.41, 5.74) is 3.36. The fraction of sp³-hybridized carbons (Fsp3) is 0.269. The summed E-state index contributed by atoms with van der Waals surface area (Å²) in [6, 6.07) is 18.5. The van der Waals surface area contributed by atoms with Gasteiger partial charge in [-0.25, -0.2) is 4.79 Å². The third-order valence-corrected chi connectivity index (χ3v) is 5.33. The van der Waals surface area contributed by atoms with Gasteiger partial charge in [0.25, 0.3) is 5.91 Å². The van der Waals surface area contributed by atoms with Crippen LogP contribution in [0.25, 0.3) is 0 Å². The van der Waals surface area contributed by atoms with E-state index in [9.17, 15) is 14.4 Å². The third-order valence-electron chi connectivity index (χ3n) is 5.33. The van der Waals surface area contributed by atoms with Crippen LogP contribution >= 0.6 is 0 Å². The number of Topliss-reactive ketones (excluding diaryl/α,β-unsaturated/α-hetero) is 1. The average Bonchev–Trinajstić information content (AvgIpc) is 3.10. The summed E-state index contributed by atoms with van der Waals surface area (Å²) in [4.78, 5) is 38.4. The maximum atomic E-state index is 12.9. The Kier molecular flexibility index (Phi) is 7.25. The number of aromatic nitrogens is 1. The summed E-state index contributed by atoms with van der Waals surface area (Å²) in [7, 11) is 0. The van der Waals surface area contributed by atoms with E-state index in [0.29, 0.717) is 16.7 Å². The van der Waals surface area contributed by atoms with Crippen molar-refractivity contribution >= 4 is 17.7 Å². The number of amides is 1. The number of aryl methyl sites for hydroxylation is 1. The van der Waals surface area contributed by atoms with E-state index >= 15 is 0 Å². The Hall–Kier alpha value is -3.67. The van der Waals surface area contributed by atoms with Crippen molar-refractivity contribution in [3.63, 3.8) is 0 Å². The number of esters is 1. The highest BCUT2D eigenvalue weighted by Gasteiger charge is 2.26. The molecule has 0 bridgehead atoms. The predicted octanol–water partition coefficient (Wildman–Crippen LogP) is 4.58. The van der Waals surface area contributed by atoms with Crippen LogP contribution in [0.1, 0.15) is 63.6 Å². The maximum absolute atomic E-state index is 12.9. The Morgan fingerprint density at radius 2 is 1.53 bits per heavy atom. The summed E-state index contributed by atoms with van der Waals surface area (Å²) in [6.07, 6.45) is 0. The quantitative estimate of drug-likeness (QED) is 0.417. The molecule has 1 aromatic heterocycles. The molecule has 0 saturated heterocycles. The van der Waals surface area contributed by atoms with Crippen LogP contribution in [0.15, 0.2) is 66.7 Å². The number of benzene rings is 2. The molecule has 0 aliphatic rings. The lowest BCUT2D eigenvalue weighted by Gasteiger charge is -2.18. The molecule has 6 heteroatoms. The van der Waals surface area contributed by atoms with E-state index in [0.717, 1.165) is 11.4 Å². The van der Waals surface area contributed by atoms with Crippen LogP contribution in [0.3, 0.4) is 0 Å². The highest BCUT2D eigenvalue weighted by molar-refractivity contribution is 6.00. The molecule has 2 aromatic carbocycles. The van der Waals surface area contributed by atoms with Crippen LogP contribution in [0, 0.1) is 13.8 Å². The van der Waals surface area contributed by atoms with Gasteiger partial charge in [-0.2, -0.15) is 0 Å². The first-order chi connectivity index (χ1) is 15.3. The summed E-state index contributed by atoms with van der Waals surface area (Å²) < 4.78 is 7.44. The van der Waals surface area contributed by atoms with E-state index in [1.165, 1.54) is 0 Å². The van der Waals surface area contributed by atoms with Crippen molar-refractivity contribution in [3.8, 4) is 0 Å². The summed E-state index contributed by atoms with van der Waals surface area (Å²) in [5, 5.41) is 2.72. The lowest BCUT2D eigenvalue weighted by atomic mass is 10.1. The first-order valence-electron chi connectivity index (χ1n) is 10.6. The molecule has 1 atom stereocenters. The van der Waals surface area contributed by atoms with Gasteiger partial charge in [-0.3, -0.25) is 9.59 Å². The van der Waals surface area contributed by atoms with Crippen LogP contribution in [-0.4, -0.2) is 28.8 Å². The summed E-state index contributed by atoms with van der Waals surface area (Å²) in [5.74, 6) is -1.37. The average molecular weight is 433 g/mol. The SMILES string of the molecule is Cc1cc(C(=O)COC(=O)C(NC(=O)c2ccccc2)c2ccccc2)c(C)n1C(C)C. The maximum Gasteiger partial charge on any atom is 0.333 e. The van der Waals surface area contributed by atoms with E-state index in [-0.39, 0.29) is 11.8 Å². The van der Waals surface area contributed by atoms with Gasteiger partial charge in [-0.15, -0.1) is 0 Å². The number of nitrogens with one attached hydrogen (secondary N) is 1. The number of carbonyl (C=O) groups is 3. The van der Waals surface area contributed by atoms with Crippen LogP contribution in [0.4, 0.5) is 0 Å². The Balaban J connectivity index is 1.75. The Labute approximate surface area is 188 Å². The van der Waals surface area contributed by atoms with Gasteiger partial charge in [0.1, 0.15) is 0 Å². The molecule has 0 spiro atoms. The topological polar surface area (TPSA) is 77.4 Å². The minimum atomic E-state index is -1.03. The van der Waals surface area contributed by atoms with Crippen LogP contribution in [0.2, 0.25) is 0 Å². The first-order valence-corrected chi connectivity index (χ1v) is 10.6. The zero-order chi connectivity index (χ0) is 23.3. The molecule has 1 N–H and O–H groups in total. The molecule has 1 unspecified atom stereocenters. The molecule has 0 aliphatic heterocycles. The molecule has 1 heterocycles. The number of hydrogen-bond donors (Lipinski definition) is 1. The first kappa shape index (κ1) is 23.0. The third kappa shape index (κ3) is 5.14. The van der Waals surface area contributed by atoms with Crippen molar-refractivity contribution in [1.29, 1.82) is 0 Å². The molecular formula is C26H28N2O4. The summed E-state index contributed by atoms with van der Waals surface area (Å²) >= 11 is 0. The number of hydrogen-bond acceptors (Lipinski definition) is 4. The molecule has 0 fully saturated rings. The number of ether oxygens (including phenoxy) is 1. The molecule has 32 heavy (non-hydrogen) atoms. The van der Waals surface area contributed by atoms with Gasteiger partial charge in [-0.1, -0.05) is 48.5 Å². The standard InChI is InChI=1S/C26H28N2O4/c1-17(2)28-18(3)15-22(19(28)4)23(29)16-32-26(31)24(20-11-7-5-8-12-20)27-25(30)21-13-9-6-10-14-21/h5-15,17,24H,16H2,1-4H3,(H,27,30). The minimum absolute atomic E-state index is 0.217. The zero-order valence-corrected chi connectivity index (χ0v) is 18.8. The molecule has 3 aromatic rings. The van der Waals surface area contributed by atoms with Crippen molar-refractivity contribution in [3.05, 3.63) is 94.8 Å². The molecule has 1 amide bonds. The van der Waals surface area contributed by atoms with Crippen molar-refractivity contribution < 1.29 is 19.1 Å². The molecule has 3 rings (SSSR count). The van der Waals surface area contributed by atoms with Crippen molar-refractivity contribution in [1.82, 2.24) is 9.88 Å². The minimum Gasteiger partial charge on any atom is -0.455 e. The number of carbonyl (C=O) groups excluding carboxylic acids is 3. The van der Waals surface area contributed by atoms with Gasteiger partial charge >= 0.3 is 5.97 Å². The smallest absolute Gasteiger partial charge is 0.333 e. The molecule has 0 radical (unpaired) electrons. The van der Waals surface area contributed by atoms with E-state index in [4.69, 9.17) is 4.74 Å². The highest BCUT2D eigenvalue weighted by Crippen LogP contribution is 2.21. The predicted molar refractivity (Wildman–Crippen MR) is 123 cm³/mol. The fourth-order valence-electron chi connectivity index (χ4n) is 3.88. The van der Waals surface area contributed by atoms with E-state index in [1.54, 1.807) is 48.5 Å². The normalized spacial score (nSPS) is 11.8. The van der Waals surface area contributed by atoms with Crippen LogP contribution < -0.4 is 5.32 Å². The van der Waals surface area contributed by atoms with Gasteiger partial charge in [0.05, 0.1) is 0 Å². The second kappa shape index (κ2) is 10.1. The fourth-order valence-corrected chi connectivity index (χ4v) is 3.88. The second-order valence-electron chi connectivity index (χ2n) is 7.96. The van der Waals surface area contributed by atoms with Gasteiger partial charge in [0.2, 0.25) is 5.78 Å². The van der Waals surface area contributed by atoms with Crippen LogP contribution in [0.5, 0.6) is 0 Å². The Bertz CT molecular complexity index is 1100. The lowest BCUT2D eigenvalue weighted by Crippen LogP contribution is -2.35. The number of nitrogens with zero attached hydrogens (tertiary/aromatic N) is 1. The van der Waals surface area contributed by atoms with Gasteiger partial charge in [0, 0.05) is 28.6 Å². The largest absolute Gasteiger partial charge is 0.455 e. The number of ketones is 1. The molecule has 166 valence electrons. The van der Waals surface area contributed by atoms with Crippen molar-refractivity contribution in [2.75, 3.05) is 6.61 Å². The monoisotopic (exact) mass is 432 g/mol. The molecule has 0 aliphatic carbocycles. The second-order valence-corrected chi connectivity index (χ2v) is 7.96. The van der Waals surface area contributed by atoms with Gasteiger partial charge in [0.15, 0.2) is 12.6 Å². The lowest BCUT2D eigenvalue weighted by molar-refractivity contribution is -0.145. The van der Waals surface area contributed by atoms with E-state index < -0.39 is 24.5 Å². The van der Waals surface area contributed by atoms with Crippen LogP contribution in [-0.2, 0) is 9.53 Å². The molecule has 0 saturated carbocycles. The summed E-state index contributed by atoms with van der Waals surface area (Å²) in [6.45, 7) is 7.53. The van der Waals surface area contributed by atoms with Crippen molar-refractivity contribution in [2.24, 2.45) is 0 Å². The molecule has 6 nitrogen and oxygen atoms in total. The number of rotatable bonds is 8. The van der Waals surface area contributed by atoms with E-state index in [2.05, 4.69) is 9.88 Å². The van der Waals surface area contributed by atoms with Crippen molar-refractivity contribution in [2.45, 2.75) is 39.8 Å². The highest BCUT2D eigenvalue weighted by atomic mass is 16.5. The molecular weight excluding hydrogens is 404 g/mol. The van der Waals surface area contributed by atoms with E-state index in [1.807, 2.05) is 45.9 Å². The Morgan fingerprint density at radius 1 is 0.938 bits per heavy atom.